The van der Waals surface area contributed by atoms with Crippen LogP contribution < -0.4 is 5.73 Å². The Balaban J connectivity index is 2.37. The van der Waals surface area contributed by atoms with E-state index in [9.17, 15) is 13.2 Å². The number of alkyl halides is 3. The van der Waals surface area contributed by atoms with Gasteiger partial charge in [-0.15, -0.1) is 0 Å². The van der Waals surface area contributed by atoms with Gasteiger partial charge in [0.1, 0.15) is 5.82 Å². The van der Waals surface area contributed by atoms with E-state index < -0.39 is 5.51 Å². The Morgan fingerprint density at radius 3 is 2.56 bits per heavy atom. The van der Waals surface area contributed by atoms with Crippen LogP contribution in [0.3, 0.4) is 0 Å². The van der Waals surface area contributed by atoms with Crippen LogP contribution in [0.25, 0.3) is 0 Å². The molecular weight excluding hydrogens is 259 g/mol. The number of nitrogens with zero attached hydrogens (tertiary/aromatic N) is 2. The van der Waals surface area contributed by atoms with Crippen LogP contribution in [0.4, 0.5) is 19.0 Å². The summed E-state index contributed by atoms with van der Waals surface area (Å²) in [5.41, 5.74) is 2.02. The first-order chi connectivity index (χ1) is 7.37. The molecule has 0 unspecified atom stereocenters. The molecule has 0 saturated carbocycles. The predicted molar refractivity (Wildman–Crippen MR) is 60.4 cm³/mol. The zero-order valence-electron chi connectivity index (χ0n) is 8.41. The molecule has 0 saturated heterocycles. The van der Waals surface area contributed by atoms with Crippen molar-refractivity contribution in [3.8, 4) is 0 Å². The van der Waals surface area contributed by atoms with Gasteiger partial charge in [-0.05, 0) is 6.92 Å². The largest absolute Gasteiger partial charge is 0.441 e. The average molecular weight is 269 g/mol. The fourth-order valence-corrected chi connectivity index (χ4v) is 2.38. The molecule has 0 aliphatic rings. The molecule has 2 N–H and O–H groups in total. The van der Waals surface area contributed by atoms with E-state index in [4.69, 9.17) is 5.73 Å². The van der Waals surface area contributed by atoms with Gasteiger partial charge in [-0.1, -0.05) is 23.5 Å². The van der Waals surface area contributed by atoms with Crippen LogP contribution in [0.15, 0.2) is 11.2 Å². The summed E-state index contributed by atoms with van der Waals surface area (Å²) in [4.78, 5) is 7.96. The van der Waals surface area contributed by atoms with Crippen LogP contribution >= 0.6 is 23.5 Å². The van der Waals surface area contributed by atoms with Gasteiger partial charge in [0, 0.05) is 23.3 Å². The summed E-state index contributed by atoms with van der Waals surface area (Å²) in [6.07, 6.45) is 0. The number of aromatic nitrogens is 2. The maximum absolute atomic E-state index is 11.8. The number of nitrogens with two attached hydrogens (primary N) is 1. The van der Waals surface area contributed by atoms with Gasteiger partial charge in [0.25, 0.3) is 0 Å². The number of anilines is 1. The molecule has 0 bridgehead atoms. The number of aryl methyl sites for hydroxylation is 1. The summed E-state index contributed by atoms with van der Waals surface area (Å²) < 4.78 is 35.4. The van der Waals surface area contributed by atoms with Gasteiger partial charge in [-0.25, -0.2) is 9.97 Å². The summed E-state index contributed by atoms with van der Waals surface area (Å²) in [6, 6.07) is 1.61. The molecule has 1 heterocycles. The van der Waals surface area contributed by atoms with E-state index in [0.717, 1.165) is 0 Å². The Labute approximate surface area is 99.4 Å². The lowest BCUT2D eigenvalue weighted by Gasteiger charge is -2.05. The molecule has 0 amide bonds. The van der Waals surface area contributed by atoms with Crippen molar-refractivity contribution < 1.29 is 13.2 Å². The second-order valence-electron chi connectivity index (χ2n) is 2.86. The summed E-state index contributed by atoms with van der Waals surface area (Å²) in [5, 5.41) is 0.417. The number of hydrogen-bond donors (Lipinski definition) is 1. The van der Waals surface area contributed by atoms with Crippen LogP contribution in [0.2, 0.25) is 0 Å². The average Bonchev–Trinajstić information content (AvgIpc) is 2.09. The normalized spacial score (nSPS) is 11.8. The number of thioether (sulfide) groups is 2. The molecule has 1 aromatic heterocycles. The van der Waals surface area contributed by atoms with E-state index in [-0.39, 0.29) is 17.5 Å². The molecule has 1 aromatic rings. The van der Waals surface area contributed by atoms with Crippen molar-refractivity contribution >= 4 is 29.3 Å². The first-order valence-corrected chi connectivity index (χ1v) is 6.28. The Morgan fingerprint density at radius 2 is 2.00 bits per heavy atom. The van der Waals surface area contributed by atoms with Crippen LogP contribution in [0.5, 0.6) is 0 Å². The molecule has 90 valence electrons. The van der Waals surface area contributed by atoms with Gasteiger partial charge in [0.05, 0.1) is 0 Å². The standard InChI is InChI=1S/C8H10F3N3S2/c1-5-4-6(12)14-7(13-5)15-2-3-16-8(9,10)11/h4H,2-3H2,1H3,(H2,12,13,14). The molecule has 0 spiro atoms. The van der Waals surface area contributed by atoms with Gasteiger partial charge in [-0.2, -0.15) is 13.2 Å². The molecule has 0 radical (unpaired) electrons. The Hall–Kier alpha value is -0.630. The quantitative estimate of drug-likeness (QED) is 0.517. The van der Waals surface area contributed by atoms with Crippen molar-refractivity contribution in [2.24, 2.45) is 0 Å². The molecular formula is C8H10F3N3S2. The number of halogens is 3. The summed E-state index contributed by atoms with van der Waals surface area (Å²) in [6.45, 7) is 1.76. The zero-order chi connectivity index (χ0) is 12.2. The minimum absolute atomic E-state index is 0.0224. The number of hydrogen-bond acceptors (Lipinski definition) is 5. The predicted octanol–water partition coefficient (Wildman–Crippen LogP) is 2.71. The highest BCUT2D eigenvalue weighted by Crippen LogP contribution is 2.31. The minimum Gasteiger partial charge on any atom is -0.384 e. The molecule has 0 aliphatic carbocycles. The van der Waals surface area contributed by atoms with Gasteiger partial charge >= 0.3 is 5.51 Å². The summed E-state index contributed by atoms with van der Waals surface area (Å²) in [5.74, 6) is 0.608. The monoisotopic (exact) mass is 269 g/mol. The highest BCUT2D eigenvalue weighted by molar-refractivity contribution is 8.03. The molecule has 8 heteroatoms. The van der Waals surface area contributed by atoms with E-state index in [1.165, 1.54) is 11.8 Å². The SMILES string of the molecule is Cc1cc(N)nc(SCCSC(F)(F)F)n1. The van der Waals surface area contributed by atoms with Crippen molar-refractivity contribution in [2.75, 3.05) is 17.2 Å². The maximum atomic E-state index is 11.8. The van der Waals surface area contributed by atoms with Crippen LogP contribution in [-0.2, 0) is 0 Å². The lowest BCUT2D eigenvalue weighted by molar-refractivity contribution is -0.0326. The Bertz CT molecular complexity index is 337. The topological polar surface area (TPSA) is 51.8 Å². The third-order valence-electron chi connectivity index (χ3n) is 1.43. The molecule has 3 nitrogen and oxygen atoms in total. The number of nitrogen functional groups attached to an aromatic ring is 1. The van der Waals surface area contributed by atoms with Crippen molar-refractivity contribution in [3.63, 3.8) is 0 Å². The van der Waals surface area contributed by atoms with Gasteiger partial charge in [0.15, 0.2) is 5.16 Å². The first kappa shape index (κ1) is 13.4. The fraction of sp³-hybridized carbons (Fsp3) is 0.500. The third kappa shape index (κ3) is 5.45. The molecule has 1 rings (SSSR count). The van der Waals surface area contributed by atoms with Crippen LogP contribution in [0, 0.1) is 6.92 Å². The second-order valence-corrected chi connectivity index (χ2v) is 5.08. The molecule has 0 aromatic carbocycles. The lowest BCUT2D eigenvalue weighted by Crippen LogP contribution is -2.03. The molecule has 0 aliphatic heterocycles. The highest BCUT2D eigenvalue weighted by Gasteiger charge is 2.27. The Kier molecular flexibility index (Phi) is 4.72. The molecule has 16 heavy (non-hydrogen) atoms. The van der Waals surface area contributed by atoms with E-state index in [1.54, 1.807) is 13.0 Å². The lowest BCUT2D eigenvalue weighted by atomic mass is 10.4. The van der Waals surface area contributed by atoms with Crippen molar-refractivity contribution in [2.45, 2.75) is 17.6 Å². The van der Waals surface area contributed by atoms with E-state index in [2.05, 4.69) is 9.97 Å². The Morgan fingerprint density at radius 1 is 1.31 bits per heavy atom. The second kappa shape index (κ2) is 5.62. The van der Waals surface area contributed by atoms with Gasteiger partial charge in [0.2, 0.25) is 0 Å². The van der Waals surface area contributed by atoms with Gasteiger partial charge in [-0.3, -0.25) is 0 Å². The summed E-state index contributed by atoms with van der Waals surface area (Å²) >= 11 is 1.12. The first-order valence-electron chi connectivity index (χ1n) is 4.31. The van der Waals surface area contributed by atoms with Crippen LogP contribution in [-0.4, -0.2) is 27.0 Å². The van der Waals surface area contributed by atoms with Crippen molar-refractivity contribution in [3.05, 3.63) is 11.8 Å². The van der Waals surface area contributed by atoms with E-state index >= 15 is 0 Å². The smallest absolute Gasteiger partial charge is 0.384 e. The third-order valence-corrected chi connectivity index (χ3v) is 3.28. The van der Waals surface area contributed by atoms with E-state index in [0.29, 0.717) is 22.4 Å². The minimum atomic E-state index is -4.17. The fourth-order valence-electron chi connectivity index (χ4n) is 0.920. The summed E-state index contributed by atoms with van der Waals surface area (Å²) in [7, 11) is 0. The molecule has 0 atom stereocenters. The maximum Gasteiger partial charge on any atom is 0.441 e. The highest BCUT2D eigenvalue weighted by atomic mass is 32.2. The van der Waals surface area contributed by atoms with Crippen molar-refractivity contribution in [1.82, 2.24) is 9.97 Å². The number of rotatable bonds is 4. The zero-order valence-corrected chi connectivity index (χ0v) is 10.0. The molecule has 0 fully saturated rings. The van der Waals surface area contributed by atoms with Gasteiger partial charge < -0.3 is 5.73 Å². The van der Waals surface area contributed by atoms with Crippen molar-refractivity contribution in [1.29, 1.82) is 0 Å². The van der Waals surface area contributed by atoms with Crippen LogP contribution in [0.1, 0.15) is 5.69 Å². The van der Waals surface area contributed by atoms with E-state index in [1.807, 2.05) is 0 Å².